The van der Waals surface area contributed by atoms with E-state index >= 15 is 0 Å². The van der Waals surface area contributed by atoms with Gasteiger partial charge in [0.1, 0.15) is 11.3 Å². The fraction of sp³-hybridized carbons (Fsp3) is 0.500. The lowest BCUT2D eigenvalue weighted by molar-refractivity contribution is -0.113. The molecule has 1 N–H and O–H groups in total. The molecular weight excluding hydrogens is 222 g/mol. The number of hydrogen-bond donors (Lipinski definition) is 1. The second-order valence-electron chi connectivity index (χ2n) is 3.21. The zero-order chi connectivity index (χ0) is 9.35. The van der Waals surface area contributed by atoms with Gasteiger partial charge >= 0.3 is 0 Å². The van der Waals surface area contributed by atoms with Crippen LogP contribution in [0.25, 0.3) is 0 Å². The highest BCUT2D eigenvalue weighted by molar-refractivity contribution is 9.11. The van der Waals surface area contributed by atoms with Crippen molar-refractivity contribution in [1.29, 1.82) is 0 Å². The molecule has 0 spiro atoms. The largest absolute Gasteiger partial charge is 0.384 e. The molecular formula is C8H10BrNO2. The molecule has 0 aromatic carbocycles. The molecule has 4 heteroatoms. The first-order valence-electron chi connectivity index (χ1n) is 3.59. The Morgan fingerprint density at radius 3 is 2.67 bits per heavy atom. The Labute approximate surface area is 79.3 Å². The predicted molar refractivity (Wildman–Crippen MR) is 50.4 cm³/mol. The molecule has 0 aromatic heterocycles. The molecule has 1 aliphatic heterocycles. The summed E-state index contributed by atoms with van der Waals surface area (Å²) >= 11 is 3.17. The third-order valence-corrected chi connectivity index (χ3v) is 1.99. The lowest BCUT2D eigenvalue weighted by Gasteiger charge is -2.20. The van der Waals surface area contributed by atoms with Crippen LogP contribution in [0.2, 0.25) is 0 Å². The Hall–Kier alpha value is -0.480. The molecule has 0 saturated carbocycles. The zero-order valence-electron chi connectivity index (χ0n) is 6.97. The van der Waals surface area contributed by atoms with Crippen molar-refractivity contribution < 1.29 is 9.90 Å². The number of hydrogen-bond acceptors (Lipinski definition) is 3. The highest BCUT2D eigenvalue weighted by Gasteiger charge is 2.29. The molecule has 66 valence electrons. The van der Waals surface area contributed by atoms with E-state index in [0.717, 1.165) is 4.48 Å². The van der Waals surface area contributed by atoms with E-state index < -0.39 is 5.60 Å². The Morgan fingerprint density at radius 1 is 1.67 bits per heavy atom. The summed E-state index contributed by atoms with van der Waals surface area (Å²) in [5, 5.41) is 9.50. The van der Waals surface area contributed by atoms with Crippen LogP contribution in [0.3, 0.4) is 0 Å². The van der Waals surface area contributed by atoms with Gasteiger partial charge in [-0.05, 0) is 13.8 Å². The summed E-state index contributed by atoms with van der Waals surface area (Å²) in [5.74, 6) is -0.128. The van der Waals surface area contributed by atoms with Gasteiger partial charge in [-0.25, -0.2) is 0 Å². The van der Waals surface area contributed by atoms with Crippen LogP contribution in [0.4, 0.5) is 0 Å². The van der Waals surface area contributed by atoms with Crippen LogP contribution in [0.5, 0.6) is 0 Å². The predicted octanol–water partition coefficient (Wildman–Crippen LogP) is 1.41. The third kappa shape index (κ3) is 2.01. The highest BCUT2D eigenvalue weighted by Crippen LogP contribution is 2.19. The fourth-order valence-corrected chi connectivity index (χ4v) is 1.35. The quantitative estimate of drug-likeness (QED) is 0.742. The number of rotatable bonds is 1. The second-order valence-corrected chi connectivity index (χ2v) is 4.23. The van der Waals surface area contributed by atoms with Crippen molar-refractivity contribution in [1.82, 2.24) is 0 Å². The van der Waals surface area contributed by atoms with E-state index in [1.165, 1.54) is 0 Å². The van der Waals surface area contributed by atoms with Crippen LogP contribution < -0.4 is 0 Å². The van der Waals surface area contributed by atoms with Crippen LogP contribution in [0.1, 0.15) is 20.3 Å². The number of halogens is 1. The molecule has 1 aliphatic rings. The summed E-state index contributed by atoms with van der Waals surface area (Å²) in [6.45, 7) is 3.10. The van der Waals surface area contributed by atoms with Crippen molar-refractivity contribution in [3.05, 3.63) is 10.7 Å². The van der Waals surface area contributed by atoms with E-state index in [0.29, 0.717) is 6.42 Å². The Morgan fingerprint density at radius 2 is 2.25 bits per heavy atom. The maximum atomic E-state index is 11.3. The molecule has 3 nitrogen and oxygen atoms in total. The molecule has 1 heterocycles. The summed E-state index contributed by atoms with van der Waals surface area (Å²) < 4.78 is 0.750. The molecule has 0 amide bonds. The van der Waals surface area contributed by atoms with Gasteiger partial charge in [-0.1, -0.05) is 15.9 Å². The molecule has 1 rings (SSSR count). The van der Waals surface area contributed by atoms with Crippen molar-refractivity contribution in [3.63, 3.8) is 0 Å². The van der Waals surface area contributed by atoms with Crippen molar-refractivity contribution in [2.75, 3.05) is 0 Å². The summed E-state index contributed by atoms with van der Waals surface area (Å²) in [6.07, 6.45) is 1.84. The molecule has 0 unspecified atom stereocenters. The Kier molecular flexibility index (Phi) is 2.49. The van der Waals surface area contributed by atoms with Gasteiger partial charge in [-0.15, -0.1) is 0 Å². The van der Waals surface area contributed by atoms with Gasteiger partial charge in [-0.3, -0.25) is 9.79 Å². The third-order valence-electron chi connectivity index (χ3n) is 1.51. The van der Waals surface area contributed by atoms with Gasteiger partial charge in [0.15, 0.2) is 5.78 Å². The van der Waals surface area contributed by atoms with E-state index in [1.807, 2.05) is 0 Å². The second kappa shape index (κ2) is 3.11. The van der Waals surface area contributed by atoms with E-state index in [4.69, 9.17) is 0 Å². The van der Waals surface area contributed by atoms with Crippen LogP contribution in [-0.4, -0.2) is 22.2 Å². The summed E-state index contributed by atoms with van der Waals surface area (Å²) in [5.41, 5.74) is -0.910. The monoisotopic (exact) mass is 231 g/mol. The van der Waals surface area contributed by atoms with Gasteiger partial charge in [-0.2, -0.15) is 0 Å². The minimum atomic E-state index is -1.14. The molecule has 12 heavy (non-hydrogen) atoms. The number of nitrogens with zero attached hydrogens (tertiary/aromatic N) is 1. The first-order valence-corrected chi connectivity index (χ1v) is 4.39. The first-order chi connectivity index (χ1) is 5.41. The summed E-state index contributed by atoms with van der Waals surface area (Å²) in [7, 11) is 0. The zero-order valence-corrected chi connectivity index (χ0v) is 8.55. The van der Waals surface area contributed by atoms with Crippen molar-refractivity contribution >= 4 is 27.4 Å². The number of carbonyl (C=O) groups is 1. The lowest BCUT2D eigenvalue weighted by atomic mass is 9.96. The maximum Gasteiger partial charge on any atom is 0.184 e. The first kappa shape index (κ1) is 9.61. The molecule has 0 aliphatic carbocycles. The van der Waals surface area contributed by atoms with Crippen molar-refractivity contribution in [3.8, 4) is 0 Å². The molecule has 0 aromatic rings. The van der Waals surface area contributed by atoms with Crippen LogP contribution in [-0.2, 0) is 4.79 Å². The van der Waals surface area contributed by atoms with Crippen molar-refractivity contribution in [2.45, 2.75) is 25.9 Å². The van der Waals surface area contributed by atoms with Gasteiger partial charge < -0.3 is 5.11 Å². The molecule has 0 saturated heterocycles. The van der Waals surface area contributed by atoms with E-state index in [2.05, 4.69) is 20.9 Å². The number of allylic oxidation sites excluding steroid dienone is 1. The van der Waals surface area contributed by atoms with Crippen LogP contribution >= 0.6 is 15.9 Å². The maximum absolute atomic E-state index is 11.3. The number of ketones is 1. The van der Waals surface area contributed by atoms with Gasteiger partial charge in [0.25, 0.3) is 0 Å². The SMILES string of the molecule is CC(C)(O)C1=NC=C(Br)CC1=O. The standard InChI is InChI=1S/C8H10BrNO2/c1-8(2,12)7-6(11)3-5(9)4-10-7/h4,12H,3H2,1-2H3. The van der Waals surface area contributed by atoms with Crippen molar-refractivity contribution in [2.24, 2.45) is 4.99 Å². The molecule has 0 bridgehead atoms. The van der Waals surface area contributed by atoms with E-state index in [1.54, 1.807) is 20.0 Å². The molecule has 0 radical (unpaired) electrons. The van der Waals surface area contributed by atoms with Crippen LogP contribution in [0.15, 0.2) is 15.7 Å². The highest BCUT2D eigenvalue weighted by atomic mass is 79.9. The van der Waals surface area contributed by atoms with Gasteiger partial charge in [0.05, 0.1) is 0 Å². The Balaban J connectivity index is 2.99. The Bertz CT molecular complexity index is 273. The lowest BCUT2D eigenvalue weighted by Crippen LogP contribution is -2.38. The minimum absolute atomic E-state index is 0.128. The average Bonchev–Trinajstić information content (AvgIpc) is 1.83. The molecule has 0 atom stereocenters. The summed E-state index contributed by atoms with van der Waals surface area (Å²) in [4.78, 5) is 15.2. The van der Waals surface area contributed by atoms with Crippen LogP contribution in [0, 0.1) is 0 Å². The molecule has 0 fully saturated rings. The number of aliphatic imine (C=N–C) groups is 1. The fourth-order valence-electron chi connectivity index (χ4n) is 0.988. The van der Waals surface area contributed by atoms with Gasteiger partial charge in [0.2, 0.25) is 0 Å². The topological polar surface area (TPSA) is 49.7 Å². The van der Waals surface area contributed by atoms with Gasteiger partial charge in [0, 0.05) is 17.1 Å². The summed E-state index contributed by atoms with van der Waals surface area (Å²) in [6, 6.07) is 0. The normalized spacial score (nSPS) is 18.8. The number of carbonyl (C=O) groups excluding carboxylic acids is 1. The van der Waals surface area contributed by atoms with E-state index in [9.17, 15) is 9.90 Å². The smallest absolute Gasteiger partial charge is 0.184 e. The number of aliphatic hydroxyl groups is 1. The number of Topliss-reactive ketones (excluding diaryl/α,β-unsaturated/α-hetero) is 1. The van der Waals surface area contributed by atoms with E-state index in [-0.39, 0.29) is 11.5 Å². The minimum Gasteiger partial charge on any atom is -0.384 e. The average molecular weight is 232 g/mol.